The molecule has 0 saturated heterocycles. The number of ether oxygens (including phenoxy) is 1. The zero-order valence-corrected chi connectivity index (χ0v) is 19.2. The zero-order chi connectivity index (χ0) is 22.3. The van der Waals surface area contributed by atoms with Crippen LogP contribution >= 0.6 is 0 Å². The number of anilines is 1. The molecule has 0 bridgehead atoms. The predicted molar refractivity (Wildman–Crippen MR) is 125 cm³/mol. The molecule has 1 saturated carbocycles. The normalized spacial score (nSPS) is 18.5. The molecular formula is C26H41NO4. The summed E-state index contributed by atoms with van der Waals surface area (Å²) in [4.78, 5) is 24.0. The minimum atomic E-state index is -0.865. The van der Waals surface area contributed by atoms with Gasteiger partial charge in [-0.05, 0) is 43.5 Å². The number of rotatable bonds is 15. The van der Waals surface area contributed by atoms with Gasteiger partial charge in [-0.25, -0.2) is 0 Å². The van der Waals surface area contributed by atoms with Crippen LogP contribution in [0.1, 0.15) is 96.8 Å². The molecule has 1 amide bonds. The molecule has 5 nitrogen and oxygen atoms in total. The van der Waals surface area contributed by atoms with E-state index >= 15 is 0 Å². The van der Waals surface area contributed by atoms with E-state index in [1.165, 1.54) is 57.8 Å². The summed E-state index contributed by atoms with van der Waals surface area (Å²) in [5, 5.41) is 12.2. The molecule has 2 unspecified atom stereocenters. The van der Waals surface area contributed by atoms with Gasteiger partial charge in [0.05, 0.1) is 18.4 Å². The summed E-state index contributed by atoms with van der Waals surface area (Å²) in [7, 11) is 0. The Morgan fingerprint density at radius 1 is 0.871 bits per heavy atom. The van der Waals surface area contributed by atoms with Gasteiger partial charge in [0, 0.05) is 5.69 Å². The van der Waals surface area contributed by atoms with Crippen LogP contribution < -0.4 is 10.1 Å². The Labute approximate surface area is 188 Å². The van der Waals surface area contributed by atoms with E-state index in [2.05, 4.69) is 12.2 Å². The average molecular weight is 432 g/mol. The van der Waals surface area contributed by atoms with Crippen molar-refractivity contribution >= 4 is 17.6 Å². The largest absolute Gasteiger partial charge is 0.494 e. The molecule has 1 aliphatic carbocycles. The van der Waals surface area contributed by atoms with E-state index in [0.29, 0.717) is 25.1 Å². The molecule has 1 fully saturated rings. The standard InChI is InChI=1S/C26H41NO4/c1-2-3-4-5-6-7-8-9-10-13-20-31-22-18-16-21(17-19-22)27-25(28)23-14-11-12-15-24(23)26(29)30/h16-19,23-24H,2-15,20H2,1H3,(H,27,28)(H,29,30). The van der Waals surface area contributed by atoms with Gasteiger partial charge in [-0.1, -0.05) is 77.6 Å². The molecule has 2 atom stereocenters. The Kier molecular flexibility index (Phi) is 12.1. The lowest BCUT2D eigenvalue weighted by molar-refractivity contribution is -0.147. The van der Waals surface area contributed by atoms with Gasteiger partial charge in [0.25, 0.3) is 0 Å². The fourth-order valence-electron chi connectivity index (χ4n) is 4.39. The fraction of sp³-hybridized carbons (Fsp3) is 0.692. The molecule has 2 N–H and O–H groups in total. The van der Waals surface area contributed by atoms with E-state index in [4.69, 9.17) is 4.74 Å². The van der Waals surface area contributed by atoms with Gasteiger partial charge < -0.3 is 15.2 Å². The number of unbranched alkanes of at least 4 members (excludes halogenated alkanes) is 9. The number of hydrogen-bond donors (Lipinski definition) is 2. The zero-order valence-electron chi connectivity index (χ0n) is 19.2. The van der Waals surface area contributed by atoms with Crippen LogP contribution in [0.3, 0.4) is 0 Å². The Hall–Kier alpha value is -2.04. The minimum Gasteiger partial charge on any atom is -0.494 e. The van der Waals surface area contributed by atoms with E-state index in [1.807, 2.05) is 24.3 Å². The van der Waals surface area contributed by atoms with Gasteiger partial charge in [0.15, 0.2) is 0 Å². The average Bonchev–Trinajstić information content (AvgIpc) is 2.78. The molecule has 0 aromatic heterocycles. The van der Waals surface area contributed by atoms with Crippen molar-refractivity contribution in [2.45, 2.75) is 96.8 Å². The second-order valence-electron chi connectivity index (χ2n) is 8.88. The number of carboxylic acids is 1. The first-order valence-electron chi connectivity index (χ1n) is 12.4. The second-order valence-corrected chi connectivity index (χ2v) is 8.88. The van der Waals surface area contributed by atoms with Crippen LogP contribution in [0.2, 0.25) is 0 Å². The van der Waals surface area contributed by atoms with Gasteiger partial charge in [0.2, 0.25) is 5.91 Å². The van der Waals surface area contributed by atoms with Crippen molar-refractivity contribution in [1.29, 1.82) is 0 Å². The lowest BCUT2D eigenvalue weighted by Crippen LogP contribution is -2.36. The molecule has 0 heterocycles. The number of carbonyl (C=O) groups excluding carboxylic acids is 1. The van der Waals surface area contributed by atoms with Gasteiger partial charge >= 0.3 is 5.97 Å². The van der Waals surface area contributed by atoms with Crippen molar-refractivity contribution in [2.24, 2.45) is 11.8 Å². The Morgan fingerprint density at radius 2 is 1.42 bits per heavy atom. The summed E-state index contributed by atoms with van der Waals surface area (Å²) in [6, 6.07) is 7.37. The number of nitrogens with one attached hydrogen (secondary N) is 1. The third kappa shape index (κ3) is 9.75. The highest BCUT2D eigenvalue weighted by Gasteiger charge is 2.35. The fourth-order valence-corrected chi connectivity index (χ4v) is 4.39. The van der Waals surface area contributed by atoms with Crippen LogP contribution in [-0.4, -0.2) is 23.6 Å². The van der Waals surface area contributed by atoms with Gasteiger partial charge in [-0.2, -0.15) is 0 Å². The first-order chi connectivity index (χ1) is 15.1. The highest BCUT2D eigenvalue weighted by atomic mass is 16.5. The number of carbonyl (C=O) groups is 2. The van der Waals surface area contributed by atoms with Crippen LogP contribution in [-0.2, 0) is 9.59 Å². The van der Waals surface area contributed by atoms with E-state index in [9.17, 15) is 14.7 Å². The first kappa shape index (κ1) is 25.2. The molecule has 5 heteroatoms. The van der Waals surface area contributed by atoms with E-state index in [-0.39, 0.29) is 5.91 Å². The number of amides is 1. The summed E-state index contributed by atoms with van der Waals surface area (Å²) in [6.07, 6.45) is 16.1. The molecule has 31 heavy (non-hydrogen) atoms. The molecule has 1 aromatic rings. The van der Waals surface area contributed by atoms with Crippen molar-refractivity contribution in [3.63, 3.8) is 0 Å². The van der Waals surface area contributed by atoms with Crippen LogP contribution in [0.4, 0.5) is 5.69 Å². The van der Waals surface area contributed by atoms with E-state index in [1.54, 1.807) is 0 Å². The smallest absolute Gasteiger partial charge is 0.307 e. The maximum atomic E-state index is 12.5. The molecule has 0 radical (unpaired) electrons. The number of aliphatic carboxylic acids is 1. The first-order valence-corrected chi connectivity index (χ1v) is 12.4. The van der Waals surface area contributed by atoms with Gasteiger partial charge in [-0.15, -0.1) is 0 Å². The van der Waals surface area contributed by atoms with E-state index < -0.39 is 17.8 Å². The molecule has 1 aliphatic rings. The van der Waals surface area contributed by atoms with Crippen LogP contribution in [0, 0.1) is 11.8 Å². The van der Waals surface area contributed by atoms with Crippen LogP contribution in [0.5, 0.6) is 5.75 Å². The monoisotopic (exact) mass is 431 g/mol. The molecular weight excluding hydrogens is 390 g/mol. The third-order valence-electron chi connectivity index (χ3n) is 6.31. The minimum absolute atomic E-state index is 0.189. The molecule has 0 aliphatic heterocycles. The molecule has 0 spiro atoms. The number of hydrogen-bond acceptors (Lipinski definition) is 3. The Balaban J connectivity index is 1.59. The van der Waals surface area contributed by atoms with Crippen molar-refractivity contribution in [1.82, 2.24) is 0 Å². The number of carboxylic acid groups (broad SMARTS) is 1. The number of benzene rings is 1. The lowest BCUT2D eigenvalue weighted by Gasteiger charge is -2.27. The summed E-state index contributed by atoms with van der Waals surface area (Å²) in [5.41, 5.74) is 0.686. The predicted octanol–water partition coefficient (Wildman–Crippen LogP) is 6.82. The molecule has 1 aromatic carbocycles. The van der Waals surface area contributed by atoms with Crippen LogP contribution in [0.25, 0.3) is 0 Å². The van der Waals surface area contributed by atoms with Gasteiger partial charge in [-0.3, -0.25) is 9.59 Å². The summed E-state index contributed by atoms with van der Waals surface area (Å²) in [6.45, 7) is 2.97. The van der Waals surface area contributed by atoms with Crippen LogP contribution in [0.15, 0.2) is 24.3 Å². The highest BCUT2D eigenvalue weighted by molar-refractivity contribution is 5.95. The summed E-state index contributed by atoms with van der Waals surface area (Å²) < 4.78 is 5.81. The van der Waals surface area contributed by atoms with Crippen molar-refractivity contribution in [3.05, 3.63) is 24.3 Å². The topological polar surface area (TPSA) is 75.6 Å². The summed E-state index contributed by atoms with van der Waals surface area (Å²) in [5.74, 6) is -1.27. The van der Waals surface area contributed by atoms with Crippen molar-refractivity contribution < 1.29 is 19.4 Å². The van der Waals surface area contributed by atoms with E-state index in [0.717, 1.165) is 25.0 Å². The van der Waals surface area contributed by atoms with Crippen molar-refractivity contribution in [2.75, 3.05) is 11.9 Å². The molecule has 174 valence electrons. The summed E-state index contributed by atoms with van der Waals surface area (Å²) >= 11 is 0. The highest BCUT2D eigenvalue weighted by Crippen LogP contribution is 2.31. The quantitative estimate of drug-likeness (QED) is 0.299. The maximum absolute atomic E-state index is 12.5. The Morgan fingerprint density at radius 3 is 2.00 bits per heavy atom. The third-order valence-corrected chi connectivity index (χ3v) is 6.31. The SMILES string of the molecule is CCCCCCCCCCCCOc1ccc(NC(=O)C2CCCCC2C(=O)O)cc1. The Bertz CT molecular complexity index is 643. The van der Waals surface area contributed by atoms with Crippen molar-refractivity contribution in [3.8, 4) is 5.75 Å². The maximum Gasteiger partial charge on any atom is 0.307 e. The lowest BCUT2D eigenvalue weighted by atomic mass is 9.78. The van der Waals surface area contributed by atoms with Gasteiger partial charge in [0.1, 0.15) is 5.75 Å². The molecule has 2 rings (SSSR count). The second kappa shape index (κ2) is 14.9.